The molecule has 1 N–H and O–H groups in total. The molecule has 1 aliphatic rings. The number of nitrogens with one attached hydrogen (secondary N) is 1. The minimum atomic E-state index is -0.0369. The van der Waals surface area contributed by atoms with E-state index in [9.17, 15) is 4.79 Å². The van der Waals surface area contributed by atoms with Crippen LogP contribution >= 0.6 is 0 Å². The minimum absolute atomic E-state index is 0.0369. The molecule has 0 spiro atoms. The van der Waals surface area contributed by atoms with E-state index in [1.807, 2.05) is 41.0 Å². The minimum Gasteiger partial charge on any atom is -0.376 e. The Morgan fingerprint density at radius 3 is 3.00 bits per heavy atom. The van der Waals surface area contributed by atoms with Crippen LogP contribution in [0, 0.1) is 0 Å². The van der Waals surface area contributed by atoms with Crippen molar-refractivity contribution in [1.82, 2.24) is 14.7 Å². The van der Waals surface area contributed by atoms with Crippen LogP contribution in [0.5, 0.6) is 0 Å². The molecule has 1 amide bonds. The number of ether oxygens (including phenoxy) is 1. The molecule has 6 nitrogen and oxygen atoms in total. The summed E-state index contributed by atoms with van der Waals surface area (Å²) in [5.41, 5.74) is 1.92. The molecule has 0 radical (unpaired) electrons. The largest absolute Gasteiger partial charge is 0.376 e. The molecule has 128 valence electrons. The Balaban J connectivity index is 1.45. The Bertz CT molecular complexity index is 650. The van der Waals surface area contributed by atoms with Crippen LogP contribution in [0.1, 0.15) is 18.4 Å². The van der Waals surface area contributed by atoms with Crippen molar-refractivity contribution in [2.24, 2.45) is 0 Å². The maximum atomic E-state index is 12.2. The molecule has 0 aliphatic carbocycles. The third-order valence-corrected chi connectivity index (χ3v) is 4.04. The smallest absolute Gasteiger partial charge is 0.238 e. The number of benzene rings is 1. The van der Waals surface area contributed by atoms with E-state index in [0.717, 1.165) is 38.2 Å². The lowest BCUT2D eigenvalue weighted by Gasteiger charge is -2.15. The van der Waals surface area contributed by atoms with Gasteiger partial charge in [0, 0.05) is 19.3 Å². The van der Waals surface area contributed by atoms with Gasteiger partial charge in [0.05, 0.1) is 31.1 Å². The van der Waals surface area contributed by atoms with E-state index in [2.05, 4.69) is 22.5 Å². The van der Waals surface area contributed by atoms with Crippen LogP contribution in [0.2, 0.25) is 0 Å². The van der Waals surface area contributed by atoms with Gasteiger partial charge in [0.1, 0.15) is 0 Å². The lowest BCUT2D eigenvalue weighted by Crippen LogP contribution is -2.29. The number of rotatable bonds is 7. The fourth-order valence-electron chi connectivity index (χ4n) is 2.92. The highest BCUT2D eigenvalue weighted by atomic mass is 16.5. The Hall–Kier alpha value is -2.18. The summed E-state index contributed by atoms with van der Waals surface area (Å²) < 4.78 is 7.43. The van der Waals surface area contributed by atoms with Crippen LogP contribution in [-0.4, -0.2) is 46.9 Å². The molecule has 6 heteroatoms. The third kappa shape index (κ3) is 4.91. The lowest BCUT2D eigenvalue weighted by atomic mass is 10.2. The quantitative estimate of drug-likeness (QED) is 0.846. The average molecular weight is 328 g/mol. The molecule has 0 unspecified atom stereocenters. The summed E-state index contributed by atoms with van der Waals surface area (Å²) in [7, 11) is 1.94. The predicted molar refractivity (Wildman–Crippen MR) is 92.6 cm³/mol. The highest BCUT2D eigenvalue weighted by molar-refractivity contribution is 5.91. The van der Waals surface area contributed by atoms with Crippen molar-refractivity contribution >= 4 is 11.6 Å². The topological polar surface area (TPSA) is 59.4 Å². The Morgan fingerprint density at radius 1 is 1.42 bits per heavy atom. The van der Waals surface area contributed by atoms with Gasteiger partial charge < -0.3 is 10.1 Å². The first-order chi connectivity index (χ1) is 11.7. The number of amides is 1. The van der Waals surface area contributed by atoms with Crippen LogP contribution in [0.4, 0.5) is 5.69 Å². The van der Waals surface area contributed by atoms with Crippen LogP contribution < -0.4 is 5.32 Å². The molecule has 2 aromatic rings. The van der Waals surface area contributed by atoms with E-state index in [1.54, 1.807) is 6.20 Å². The fourth-order valence-corrected chi connectivity index (χ4v) is 2.92. The number of hydrogen-bond donors (Lipinski definition) is 1. The SMILES string of the molecule is CN(CC(=O)Nc1cnn(C[C@H]2CCCO2)c1)Cc1ccccc1. The van der Waals surface area contributed by atoms with Gasteiger partial charge in [-0.15, -0.1) is 0 Å². The number of aromatic nitrogens is 2. The molecule has 1 aromatic carbocycles. The molecule has 24 heavy (non-hydrogen) atoms. The third-order valence-electron chi connectivity index (χ3n) is 4.04. The van der Waals surface area contributed by atoms with E-state index in [-0.39, 0.29) is 12.0 Å². The zero-order valence-corrected chi connectivity index (χ0v) is 14.0. The van der Waals surface area contributed by atoms with Crippen molar-refractivity contribution in [2.75, 3.05) is 25.5 Å². The van der Waals surface area contributed by atoms with Crippen molar-refractivity contribution in [3.8, 4) is 0 Å². The number of carbonyl (C=O) groups excluding carboxylic acids is 1. The summed E-state index contributed by atoms with van der Waals surface area (Å²) in [5.74, 6) is -0.0369. The maximum absolute atomic E-state index is 12.2. The average Bonchev–Trinajstić information content (AvgIpc) is 3.20. The van der Waals surface area contributed by atoms with E-state index in [0.29, 0.717) is 6.54 Å². The number of likely N-dealkylation sites (N-methyl/N-ethyl adjacent to an activating group) is 1. The van der Waals surface area contributed by atoms with Gasteiger partial charge in [-0.25, -0.2) is 0 Å². The molecule has 1 atom stereocenters. The van der Waals surface area contributed by atoms with Crippen LogP contribution in [0.15, 0.2) is 42.7 Å². The highest BCUT2D eigenvalue weighted by Gasteiger charge is 2.16. The second-order valence-corrected chi connectivity index (χ2v) is 6.29. The number of nitrogens with zero attached hydrogens (tertiary/aromatic N) is 3. The van der Waals surface area contributed by atoms with E-state index in [1.165, 1.54) is 5.56 Å². The Kier molecular flexibility index (Phi) is 5.61. The maximum Gasteiger partial charge on any atom is 0.238 e. The number of hydrogen-bond acceptors (Lipinski definition) is 4. The predicted octanol–water partition coefficient (Wildman–Crippen LogP) is 2.13. The zero-order valence-electron chi connectivity index (χ0n) is 14.0. The van der Waals surface area contributed by atoms with Gasteiger partial charge in [-0.3, -0.25) is 14.4 Å². The van der Waals surface area contributed by atoms with Gasteiger partial charge in [0.2, 0.25) is 5.91 Å². The van der Waals surface area contributed by atoms with Gasteiger partial charge in [-0.2, -0.15) is 5.10 Å². The Morgan fingerprint density at radius 2 is 2.25 bits per heavy atom. The second kappa shape index (κ2) is 8.08. The summed E-state index contributed by atoms with van der Waals surface area (Å²) in [6.45, 7) is 2.66. The van der Waals surface area contributed by atoms with Crippen molar-refractivity contribution in [1.29, 1.82) is 0 Å². The highest BCUT2D eigenvalue weighted by Crippen LogP contribution is 2.15. The second-order valence-electron chi connectivity index (χ2n) is 6.29. The summed E-state index contributed by atoms with van der Waals surface area (Å²) in [5, 5.41) is 7.19. The van der Waals surface area contributed by atoms with Crippen molar-refractivity contribution in [2.45, 2.75) is 32.0 Å². The summed E-state index contributed by atoms with van der Waals surface area (Å²) in [6, 6.07) is 10.1. The molecule has 1 fully saturated rings. The van der Waals surface area contributed by atoms with Crippen LogP contribution in [0.3, 0.4) is 0 Å². The summed E-state index contributed by atoms with van der Waals surface area (Å²) in [6.07, 6.45) is 5.97. The first kappa shape index (κ1) is 16.7. The first-order valence-electron chi connectivity index (χ1n) is 8.35. The molecular formula is C18H24N4O2. The molecule has 0 bridgehead atoms. The van der Waals surface area contributed by atoms with Crippen molar-refractivity contribution < 1.29 is 9.53 Å². The van der Waals surface area contributed by atoms with Crippen LogP contribution in [-0.2, 0) is 22.6 Å². The van der Waals surface area contributed by atoms with Gasteiger partial charge >= 0.3 is 0 Å². The van der Waals surface area contributed by atoms with E-state index in [4.69, 9.17) is 4.74 Å². The first-order valence-corrected chi connectivity index (χ1v) is 8.35. The molecule has 1 aromatic heterocycles. The molecular weight excluding hydrogens is 304 g/mol. The van der Waals surface area contributed by atoms with Crippen molar-refractivity contribution in [3.05, 3.63) is 48.3 Å². The Labute approximate surface area is 142 Å². The van der Waals surface area contributed by atoms with E-state index < -0.39 is 0 Å². The normalized spacial score (nSPS) is 17.3. The van der Waals surface area contributed by atoms with Crippen molar-refractivity contribution in [3.63, 3.8) is 0 Å². The molecule has 1 saturated heterocycles. The lowest BCUT2D eigenvalue weighted by molar-refractivity contribution is -0.117. The van der Waals surface area contributed by atoms with Gasteiger partial charge in [0.15, 0.2) is 0 Å². The van der Waals surface area contributed by atoms with E-state index >= 15 is 0 Å². The molecule has 0 saturated carbocycles. The summed E-state index contributed by atoms with van der Waals surface area (Å²) in [4.78, 5) is 14.1. The molecule has 1 aliphatic heterocycles. The van der Waals surface area contributed by atoms with Gasteiger partial charge in [0.25, 0.3) is 0 Å². The standard InChI is InChI=1S/C18H24N4O2/c1-21(11-15-6-3-2-4-7-15)14-18(23)20-16-10-19-22(12-16)13-17-8-5-9-24-17/h2-4,6-7,10,12,17H,5,8-9,11,13-14H2,1H3,(H,20,23)/t17-/m1/s1. The fraction of sp³-hybridized carbons (Fsp3) is 0.444. The molecule has 2 heterocycles. The number of carbonyl (C=O) groups is 1. The number of anilines is 1. The monoisotopic (exact) mass is 328 g/mol. The summed E-state index contributed by atoms with van der Waals surface area (Å²) >= 11 is 0. The zero-order chi connectivity index (χ0) is 16.8. The van der Waals surface area contributed by atoms with Gasteiger partial charge in [-0.05, 0) is 25.5 Å². The molecule has 3 rings (SSSR count). The van der Waals surface area contributed by atoms with Crippen LogP contribution in [0.25, 0.3) is 0 Å². The van der Waals surface area contributed by atoms with Gasteiger partial charge in [-0.1, -0.05) is 30.3 Å².